The van der Waals surface area contributed by atoms with Gasteiger partial charge >= 0.3 is 8.80 Å². The zero-order chi connectivity index (χ0) is 12.6. The minimum atomic E-state index is -2.44. The van der Waals surface area contributed by atoms with E-state index in [0.29, 0.717) is 12.5 Å². The molecule has 0 aromatic heterocycles. The van der Waals surface area contributed by atoms with Crippen molar-refractivity contribution in [1.82, 2.24) is 5.48 Å². The molecule has 0 aromatic carbocycles. The molecule has 1 heterocycles. The molecule has 1 rings (SSSR count). The lowest BCUT2D eigenvalue weighted by Crippen LogP contribution is -2.52. The van der Waals surface area contributed by atoms with Gasteiger partial charge in [0, 0.05) is 25.8 Å². The molecule has 17 heavy (non-hydrogen) atoms. The van der Waals surface area contributed by atoms with E-state index in [9.17, 15) is 0 Å². The summed E-state index contributed by atoms with van der Waals surface area (Å²) < 4.78 is 18.7. The predicted molar refractivity (Wildman–Crippen MR) is 79.1 cm³/mol. The minimum Gasteiger partial charge on any atom is -0.373 e. The van der Waals surface area contributed by atoms with Crippen molar-refractivity contribution in [3.05, 3.63) is 0 Å². The molecule has 2 atom stereocenters. The summed E-state index contributed by atoms with van der Waals surface area (Å²) in [4.78, 5) is 0. The molecule has 1 fully saturated rings. The Labute approximate surface area is 119 Å². The van der Waals surface area contributed by atoms with Crippen molar-refractivity contribution in [1.29, 1.82) is 0 Å². The Morgan fingerprint density at radius 3 is 2.94 bits per heavy atom. The first-order chi connectivity index (χ1) is 8.26. The van der Waals surface area contributed by atoms with Crippen LogP contribution in [0.1, 0.15) is 33.1 Å². The molecule has 6 heteroatoms. The van der Waals surface area contributed by atoms with Crippen LogP contribution in [-0.2, 0) is 13.4 Å². The molecular formula is C11H24INO3Si. The molecule has 1 aliphatic heterocycles. The maximum atomic E-state index is 5.97. The van der Waals surface area contributed by atoms with Gasteiger partial charge in [-0.25, -0.2) is 5.48 Å². The van der Waals surface area contributed by atoms with Crippen molar-refractivity contribution >= 4 is 31.4 Å². The SMILES string of the molecule is CCO[Si]1(CCCI)OCCC(CC)CNO1. The largest absolute Gasteiger partial charge is 0.517 e. The normalized spacial score (nSPS) is 30.9. The van der Waals surface area contributed by atoms with Gasteiger partial charge in [-0.05, 0) is 30.1 Å². The number of halogens is 1. The van der Waals surface area contributed by atoms with E-state index in [1.807, 2.05) is 6.92 Å². The summed E-state index contributed by atoms with van der Waals surface area (Å²) in [7, 11) is -2.44. The van der Waals surface area contributed by atoms with Crippen molar-refractivity contribution in [2.24, 2.45) is 5.92 Å². The Kier molecular flexibility index (Phi) is 8.21. The summed E-state index contributed by atoms with van der Waals surface area (Å²) in [5, 5.41) is 0. The molecule has 0 amide bonds. The van der Waals surface area contributed by atoms with Crippen LogP contribution in [0, 0.1) is 5.92 Å². The first-order valence-electron chi connectivity index (χ1n) is 6.51. The van der Waals surface area contributed by atoms with Crippen LogP contribution in [0.4, 0.5) is 0 Å². The molecule has 1 N–H and O–H groups in total. The van der Waals surface area contributed by atoms with E-state index in [1.54, 1.807) is 0 Å². The highest BCUT2D eigenvalue weighted by Gasteiger charge is 2.42. The second-order valence-electron chi connectivity index (χ2n) is 4.27. The van der Waals surface area contributed by atoms with E-state index >= 15 is 0 Å². The van der Waals surface area contributed by atoms with Gasteiger partial charge in [-0.3, -0.25) is 4.53 Å². The molecule has 2 unspecified atom stereocenters. The Balaban J connectivity index is 2.51. The molecule has 0 spiro atoms. The van der Waals surface area contributed by atoms with Crippen LogP contribution in [-0.4, -0.2) is 33.0 Å². The third-order valence-corrected chi connectivity index (χ3v) is 6.56. The summed E-state index contributed by atoms with van der Waals surface area (Å²) in [5.41, 5.74) is 3.08. The zero-order valence-corrected chi connectivity index (χ0v) is 14.0. The maximum Gasteiger partial charge on any atom is 0.517 e. The third kappa shape index (κ3) is 5.52. The molecule has 102 valence electrons. The van der Waals surface area contributed by atoms with Gasteiger partial charge in [0.2, 0.25) is 0 Å². The molecular weight excluding hydrogens is 349 g/mol. The fourth-order valence-electron chi connectivity index (χ4n) is 1.90. The summed E-state index contributed by atoms with van der Waals surface area (Å²) >= 11 is 2.38. The average molecular weight is 373 g/mol. The second kappa shape index (κ2) is 8.81. The number of hydroxylamine groups is 1. The lowest BCUT2D eigenvalue weighted by Gasteiger charge is -2.32. The van der Waals surface area contributed by atoms with Crippen molar-refractivity contribution in [3.63, 3.8) is 0 Å². The Morgan fingerprint density at radius 2 is 2.29 bits per heavy atom. The monoisotopic (exact) mass is 373 g/mol. The van der Waals surface area contributed by atoms with Gasteiger partial charge < -0.3 is 8.85 Å². The van der Waals surface area contributed by atoms with Gasteiger partial charge in [0.25, 0.3) is 0 Å². The molecule has 1 saturated heterocycles. The fourth-order valence-corrected chi connectivity index (χ4v) is 5.37. The lowest BCUT2D eigenvalue weighted by molar-refractivity contribution is -0.000846. The first-order valence-corrected chi connectivity index (χ1v) is 9.96. The fraction of sp³-hybridized carbons (Fsp3) is 1.00. The van der Waals surface area contributed by atoms with Crippen LogP contribution in [0.3, 0.4) is 0 Å². The molecule has 0 saturated carbocycles. The van der Waals surface area contributed by atoms with E-state index in [4.69, 9.17) is 13.4 Å². The van der Waals surface area contributed by atoms with E-state index in [2.05, 4.69) is 35.0 Å². The first kappa shape index (κ1) is 15.8. The van der Waals surface area contributed by atoms with E-state index in [0.717, 1.165) is 42.9 Å². The van der Waals surface area contributed by atoms with Gasteiger partial charge in [-0.1, -0.05) is 35.9 Å². The molecule has 1 aliphatic rings. The number of nitrogens with one attached hydrogen (secondary N) is 1. The minimum absolute atomic E-state index is 0.646. The van der Waals surface area contributed by atoms with Crippen LogP contribution < -0.4 is 5.48 Å². The molecule has 4 nitrogen and oxygen atoms in total. The van der Waals surface area contributed by atoms with E-state index < -0.39 is 8.80 Å². The van der Waals surface area contributed by atoms with Crippen molar-refractivity contribution in [3.8, 4) is 0 Å². The second-order valence-corrected chi connectivity index (χ2v) is 8.00. The summed E-state index contributed by atoms with van der Waals surface area (Å²) in [6, 6.07) is 0.910. The van der Waals surface area contributed by atoms with Gasteiger partial charge in [0.05, 0.1) is 0 Å². The highest BCUT2D eigenvalue weighted by molar-refractivity contribution is 14.1. The van der Waals surface area contributed by atoms with Gasteiger partial charge in [0.1, 0.15) is 0 Å². The maximum absolute atomic E-state index is 5.97. The van der Waals surface area contributed by atoms with E-state index in [-0.39, 0.29) is 0 Å². The topological polar surface area (TPSA) is 39.7 Å². The molecule has 0 radical (unpaired) electrons. The van der Waals surface area contributed by atoms with Gasteiger partial charge in [-0.15, -0.1) is 0 Å². The predicted octanol–water partition coefficient (Wildman–Crippen LogP) is 2.75. The highest BCUT2D eigenvalue weighted by atomic mass is 127. The van der Waals surface area contributed by atoms with Crippen LogP contribution in [0.15, 0.2) is 0 Å². The summed E-state index contributed by atoms with van der Waals surface area (Å²) in [5.74, 6) is 0.646. The van der Waals surface area contributed by atoms with Gasteiger partial charge in [-0.2, -0.15) is 0 Å². The van der Waals surface area contributed by atoms with Crippen LogP contribution in [0.5, 0.6) is 0 Å². The number of hydrogen-bond acceptors (Lipinski definition) is 4. The average Bonchev–Trinajstić information content (AvgIpc) is 2.31. The standard InChI is InChI=1S/C11H24INO3Si/c1-3-11-6-8-15-17(14-4-2,9-5-7-12)16-13-10-11/h11,13H,3-10H2,1-2H3. The Bertz CT molecular complexity index is 199. The smallest absolute Gasteiger partial charge is 0.373 e. The quantitative estimate of drug-likeness (QED) is 0.442. The van der Waals surface area contributed by atoms with Crippen LogP contribution in [0.25, 0.3) is 0 Å². The van der Waals surface area contributed by atoms with Crippen molar-refractivity contribution < 1.29 is 13.4 Å². The summed E-state index contributed by atoms with van der Waals surface area (Å²) in [6.45, 7) is 6.54. The Morgan fingerprint density at radius 1 is 1.47 bits per heavy atom. The Hall–Kier alpha value is 0.787. The molecule has 0 aromatic rings. The number of rotatable bonds is 6. The van der Waals surface area contributed by atoms with Crippen molar-refractivity contribution in [2.45, 2.75) is 39.2 Å². The molecule has 0 bridgehead atoms. The van der Waals surface area contributed by atoms with Crippen LogP contribution in [0.2, 0.25) is 6.04 Å². The number of hydrogen-bond donors (Lipinski definition) is 1. The third-order valence-electron chi connectivity index (χ3n) is 3.01. The number of alkyl halides is 1. The summed E-state index contributed by atoms with van der Waals surface area (Å²) in [6.07, 6.45) is 3.35. The molecule has 0 aliphatic carbocycles. The lowest BCUT2D eigenvalue weighted by atomic mass is 10.0. The van der Waals surface area contributed by atoms with E-state index in [1.165, 1.54) is 0 Å². The van der Waals surface area contributed by atoms with Crippen LogP contribution >= 0.6 is 22.6 Å². The zero-order valence-electron chi connectivity index (χ0n) is 10.8. The van der Waals surface area contributed by atoms with Crippen molar-refractivity contribution in [2.75, 3.05) is 24.2 Å². The van der Waals surface area contributed by atoms with Gasteiger partial charge in [0.15, 0.2) is 0 Å². The highest BCUT2D eigenvalue weighted by Crippen LogP contribution is 2.21.